The lowest BCUT2D eigenvalue weighted by Crippen LogP contribution is -2.36. The summed E-state index contributed by atoms with van der Waals surface area (Å²) >= 11 is 0. The van der Waals surface area contributed by atoms with Gasteiger partial charge in [-0.3, -0.25) is 14.9 Å². The highest BCUT2D eigenvalue weighted by molar-refractivity contribution is 5.22. The molecule has 0 unspecified atom stereocenters. The third-order valence-electron chi connectivity index (χ3n) is 6.54. The van der Waals surface area contributed by atoms with Crippen LogP contribution in [0.1, 0.15) is 28.1 Å². The van der Waals surface area contributed by atoms with Gasteiger partial charge in [-0.25, -0.2) is 4.39 Å². The first-order valence-electron chi connectivity index (χ1n) is 13.7. The second-order valence-corrected chi connectivity index (χ2v) is 9.64. The Hall–Kier alpha value is -3.49. The number of rotatable bonds is 17. The molecule has 6 nitrogen and oxygen atoms in total. The monoisotopic (exact) mass is 526 g/mol. The summed E-state index contributed by atoms with van der Waals surface area (Å²) in [5, 5.41) is 10.5. The number of halogens is 1. The first-order chi connectivity index (χ1) is 19.2. The zero-order valence-corrected chi connectivity index (χ0v) is 22.5. The van der Waals surface area contributed by atoms with Crippen LogP contribution in [0, 0.1) is 5.82 Å². The number of nitrogens with one attached hydrogen (secondary N) is 3. The van der Waals surface area contributed by atoms with Gasteiger partial charge in [-0.2, -0.15) is 0 Å². The smallest absolute Gasteiger partial charge is 0.123 e. The summed E-state index contributed by atoms with van der Waals surface area (Å²) in [5.41, 5.74) is 5.83. The molecule has 0 aliphatic rings. The Morgan fingerprint density at radius 1 is 0.564 bits per heavy atom. The minimum Gasteiger partial charge on any atom is -0.312 e. The minimum absolute atomic E-state index is 0.188. The quantitative estimate of drug-likeness (QED) is 0.178. The molecule has 2 aromatic carbocycles. The minimum atomic E-state index is -0.188. The van der Waals surface area contributed by atoms with Crippen molar-refractivity contribution < 1.29 is 4.39 Å². The van der Waals surface area contributed by atoms with E-state index in [9.17, 15) is 4.39 Å². The van der Waals surface area contributed by atoms with Crippen LogP contribution in [-0.4, -0.2) is 47.6 Å². The van der Waals surface area contributed by atoms with Gasteiger partial charge < -0.3 is 16.0 Å². The lowest BCUT2D eigenvalue weighted by molar-refractivity contribution is 0.263. The van der Waals surface area contributed by atoms with E-state index in [2.05, 4.69) is 55.1 Å². The van der Waals surface area contributed by atoms with E-state index < -0.39 is 0 Å². The van der Waals surface area contributed by atoms with E-state index in [0.717, 1.165) is 82.3 Å². The molecule has 0 saturated heterocycles. The summed E-state index contributed by atoms with van der Waals surface area (Å²) in [5.74, 6) is -0.188. The molecule has 2 aromatic heterocycles. The van der Waals surface area contributed by atoms with Crippen LogP contribution in [0.4, 0.5) is 4.39 Å². The van der Waals surface area contributed by atoms with E-state index in [4.69, 9.17) is 0 Å². The summed E-state index contributed by atoms with van der Waals surface area (Å²) in [7, 11) is 0. The van der Waals surface area contributed by atoms with Crippen molar-refractivity contribution in [3.05, 3.63) is 131 Å². The predicted molar refractivity (Wildman–Crippen MR) is 155 cm³/mol. The third kappa shape index (κ3) is 11.0. The highest BCUT2D eigenvalue weighted by atomic mass is 19.1. The van der Waals surface area contributed by atoms with Crippen molar-refractivity contribution >= 4 is 0 Å². The topological polar surface area (TPSA) is 65.1 Å². The van der Waals surface area contributed by atoms with Crippen LogP contribution in [0.3, 0.4) is 0 Å². The van der Waals surface area contributed by atoms with Gasteiger partial charge in [-0.15, -0.1) is 0 Å². The largest absolute Gasteiger partial charge is 0.312 e. The molecule has 2 heterocycles. The van der Waals surface area contributed by atoms with Crippen molar-refractivity contribution in [2.24, 2.45) is 0 Å². The maximum atomic E-state index is 13.1. The Labute approximate surface area is 231 Å². The fraction of sp³-hybridized carbons (Fsp3) is 0.312. The van der Waals surface area contributed by atoms with Crippen molar-refractivity contribution in [3.8, 4) is 0 Å². The Kier molecular flexibility index (Phi) is 12.0. The summed E-state index contributed by atoms with van der Waals surface area (Å²) in [6.07, 6.45) is 4.55. The lowest BCUT2D eigenvalue weighted by atomic mass is 10.1. The molecule has 0 atom stereocenters. The Bertz CT molecular complexity index is 1140. The maximum Gasteiger partial charge on any atom is 0.123 e. The van der Waals surface area contributed by atoms with E-state index in [0.29, 0.717) is 0 Å². The molecule has 0 fully saturated rings. The van der Waals surface area contributed by atoms with Gasteiger partial charge in [0.25, 0.3) is 0 Å². The fourth-order valence-electron chi connectivity index (χ4n) is 4.32. The number of aromatic nitrogens is 2. The normalized spacial score (nSPS) is 11.2. The maximum absolute atomic E-state index is 13.1. The molecule has 4 aromatic rings. The van der Waals surface area contributed by atoms with Gasteiger partial charge >= 0.3 is 0 Å². The zero-order chi connectivity index (χ0) is 27.0. The second-order valence-electron chi connectivity index (χ2n) is 9.64. The lowest BCUT2D eigenvalue weighted by Gasteiger charge is -2.23. The van der Waals surface area contributed by atoms with E-state index >= 15 is 0 Å². The number of hydrogen-bond acceptors (Lipinski definition) is 6. The van der Waals surface area contributed by atoms with E-state index in [-0.39, 0.29) is 5.82 Å². The standard InChI is InChI=1S/C32H39FN6/c33-30-13-11-27(12-14-30)15-18-34-23-28-7-9-29(10-8-28)26-39(21-19-35-24-31-5-1-3-16-37-31)22-20-36-25-32-6-2-4-17-38-32/h1-14,16-17,34-36H,15,18-26H2. The average Bonchev–Trinajstić information content (AvgIpc) is 2.98. The Morgan fingerprint density at radius 3 is 1.67 bits per heavy atom. The molecule has 0 bridgehead atoms. The molecule has 0 amide bonds. The molecule has 39 heavy (non-hydrogen) atoms. The van der Waals surface area contributed by atoms with Gasteiger partial charge in [-0.05, 0) is 66.1 Å². The first-order valence-corrected chi connectivity index (χ1v) is 13.7. The summed E-state index contributed by atoms with van der Waals surface area (Å²) in [6.45, 7) is 7.81. The average molecular weight is 527 g/mol. The first kappa shape index (κ1) is 28.5. The van der Waals surface area contributed by atoms with Crippen LogP contribution in [0.5, 0.6) is 0 Å². The van der Waals surface area contributed by atoms with Gasteiger partial charge in [0.2, 0.25) is 0 Å². The molecule has 4 rings (SSSR count). The van der Waals surface area contributed by atoms with Gasteiger partial charge in [0.15, 0.2) is 0 Å². The van der Waals surface area contributed by atoms with Crippen LogP contribution in [0.2, 0.25) is 0 Å². The van der Waals surface area contributed by atoms with Crippen molar-refractivity contribution in [3.63, 3.8) is 0 Å². The molecule has 0 spiro atoms. The van der Waals surface area contributed by atoms with Gasteiger partial charge in [0.05, 0.1) is 11.4 Å². The molecule has 204 valence electrons. The van der Waals surface area contributed by atoms with Gasteiger partial charge in [-0.1, -0.05) is 48.5 Å². The van der Waals surface area contributed by atoms with E-state index in [1.807, 2.05) is 60.9 Å². The molecule has 7 heteroatoms. The zero-order valence-electron chi connectivity index (χ0n) is 22.5. The van der Waals surface area contributed by atoms with Crippen molar-refractivity contribution in [1.29, 1.82) is 0 Å². The molecule has 0 aliphatic heterocycles. The summed E-state index contributed by atoms with van der Waals surface area (Å²) in [4.78, 5) is 11.3. The van der Waals surface area contributed by atoms with Crippen molar-refractivity contribution in [2.75, 3.05) is 32.7 Å². The Morgan fingerprint density at radius 2 is 1.10 bits per heavy atom. The summed E-state index contributed by atoms with van der Waals surface area (Å²) in [6, 6.07) is 27.6. The molecular formula is C32H39FN6. The van der Waals surface area contributed by atoms with E-state index in [1.165, 1.54) is 23.3 Å². The van der Waals surface area contributed by atoms with Gasteiger partial charge in [0, 0.05) is 64.8 Å². The van der Waals surface area contributed by atoms with Gasteiger partial charge in [0.1, 0.15) is 5.82 Å². The van der Waals surface area contributed by atoms with E-state index in [1.54, 1.807) is 0 Å². The predicted octanol–water partition coefficient (Wildman–Crippen LogP) is 4.33. The number of nitrogens with zero attached hydrogens (tertiary/aromatic N) is 3. The summed E-state index contributed by atoms with van der Waals surface area (Å²) < 4.78 is 13.1. The molecule has 0 aliphatic carbocycles. The third-order valence-corrected chi connectivity index (χ3v) is 6.54. The van der Waals surface area contributed by atoms with Crippen molar-refractivity contribution in [2.45, 2.75) is 32.6 Å². The van der Waals surface area contributed by atoms with Crippen LogP contribution < -0.4 is 16.0 Å². The van der Waals surface area contributed by atoms with Crippen LogP contribution in [0.15, 0.2) is 97.3 Å². The Balaban J connectivity index is 1.21. The molecule has 0 saturated carbocycles. The van der Waals surface area contributed by atoms with Crippen LogP contribution in [0.25, 0.3) is 0 Å². The SMILES string of the molecule is Fc1ccc(CCNCc2ccc(CN(CCNCc3ccccn3)CCNCc3ccccn3)cc2)cc1. The number of hydrogen-bond donors (Lipinski definition) is 3. The van der Waals surface area contributed by atoms with Crippen LogP contribution >= 0.6 is 0 Å². The highest BCUT2D eigenvalue weighted by Crippen LogP contribution is 2.08. The molecule has 0 radical (unpaired) electrons. The molecule has 3 N–H and O–H groups in total. The number of benzene rings is 2. The van der Waals surface area contributed by atoms with Crippen LogP contribution in [-0.2, 0) is 32.6 Å². The van der Waals surface area contributed by atoms with Crippen molar-refractivity contribution in [1.82, 2.24) is 30.8 Å². The highest BCUT2D eigenvalue weighted by Gasteiger charge is 2.07. The number of pyridine rings is 2. The fourth-order valence-corrected chi connectivity index (χ4v) is 4.32. The molecular weight excluding hydrogens is 487 g/mol. The second kappa shape index (κ2) is 16.5.